The normalized spacial score (nSPS) is 27.8. The fourth-order valence-electron chi connectivity index (χ4n) is 4.46. The van der Waals surface area contributed by atoms with Crippen molar-refractivity contribution in [1.82, 2.24) is 0 Å². The maximum absolute atomic E-state index is 12.2. The predicted octanol–water partition coefficient (Wildman–Crippen LogP) is 6.69. The third-order valence-corrected chi connectivity index (χ3v) is 6.04. The first-order chi connectivity index (χ1) is 11.7. The van der Waals surface area contributed by atoms with Gasteiger partial charge in [0.1, 0.15) is 5.75 Å². The van der Waals surface area contributed by atoms with Gasteiger partial charge in [-0.1, -0.05) is 44.4 Å². The van der Waals surface area contributed by atoms with Crippen molar-refractivity contribution in [2.24, 2.45) is 17.8 Å². The fourth-order valence-corrected chi connectivity index (χ4v) is 4.46. The van der Waals surface area contributed by atoms with Gasteiger partial charge < -0.3 is 4.74 Å². The summed E-state index contributed by atoms with van der Waals surface area (Å²) in [5.41, 5.74) is 2.50. The predicted molar refractivity (Wildman–Crippen MR) is 94.1 cm³/mol. The van der Waals surface area contributed by atoms with Crippen LogP contribution in [0.4, 0.5) is 8.78 Å². The summed E-state index contributed by atoms with van der Waals surface area (Å²) in [5.74, 6) is 2.95. The van der Waals surface area contributed by atoms with Crippen molar-refractivity contribution >= 4 is 5.57 Å². The van der Waals surface area contributed by atoms with Gasteiger partial charge >= 0.3 is 6.61 Å². The van der Waals surface area contributed by atoms with Crippen molar-refractivity contribution in [2.45, 2.75) is 64.9 Å². The first kappa shape index (κ1) is 17.4. The highest BCUT2D eigenvalue weighted by atomic mass is 19.3. The Kier molecular flexibility index (Phi) is 5.91. The van der Waals surface area contributed by atoms with E-state index in [1.54, 1.807) is 12.1 Å². The molecule has 0 heterocycles. The van der Waals surface area contributed by atoms with Crippen LogP contribution >= 0.6 is 0 Å². The molecule has 132 valence electrons. The average molecular weight is 334 g/mol. The number of alkyl halides is 2. The standard InChI is InChI=1S/C21H28F2O/c1-2-15-3-5-16(6-4-15)17-7-9-18(10-8-17)19-11-13-20(14-12-19)24-21(22)23/h9,11-17,21H,2-8,10H2,1H3/t15-,16-,17?. The Morgan fingerprint density at radius 1 is 1.00 bits per heavy atom. The van der Waals surface area contributed by atoms with Crippen LogP contribution < -0.4 is 4.74 Å². The van der Waals surface area contributed by atoms with Crippen molar-refractivity contribution < 1.29 is 13.5 Å². The number of hydrogen-bond acceptors (Lipinski definition) is 1. The van der Waals surface area contributed by atoms with Crippen LogP contribution in [0.25, 0.3) is 5.57 Å². The molecule has 1 unspecified atom stereocenters. The first-order valence-corrected chi connectivity index (χ1v) is 9.40. The van der Waals surface area contributed by atoms with E-state index >= 15 is 0 Å². The molecule has 1 nitrogen and oxygen atoms in total. The zero-order valence-corrected chi connectivity index (χ0v) is 14.5. The highest BCUT2D eigenvalue weighted by Crippen LogP contribution is 2.41. The molecule has 0 spiro atoms. The monoisotopic (exact) mass is 334 g/mol. The van der Waals surface area contributed by atoms with Gasteiger partial charge in [0, 0.05) is 0 Å². The van der Waals surface area contributed by atoms with E-state index in [9.17, 15) is 8.78 Å². The van der Waals surface area contributed by atoms with E-state index in [0.29, 0.717) is 0 Å². The first-order valence-electron chi connectivity index (χ1n) is 9.40. The summed E-state index contributed by atoms with van der Waals surface area (Å²) in [5, 5.41) is 0. The molecule has 0 bridgehead atoms. The Bertz CT molecular complexity index is 541. The summed E-state index contributed by atoms with van der Waals surface area (Å²) in [6.07, 6.45) is 12.9. The Labute approximate surface area is 144 Å². The number of ether oxygens (including phenoxy) is 1. The van der Waals surface area contributed by atoms with E-state index in [0.717, 1.165) is 29.7 Å². The fraction of sp³-hybridized carbons (Fsp3) is 0.619. The van der Waals surface area contributed by atoms with Crippen LogP contribution in [0.3, 0.4) is 0 Å². The van der Waals surface area contributed by atoms with E-state index in [1.807, 2.05) is 12.1 Å². The summed E-state index contributed by atoms with van der Waals surface area (Å²) < 4.78 is 28.8. The summed E-state index contributed by atoms with van der Waals surface area (Å²) in [4.78, 5) is 0. The van der Waals surface area contributed by atoms with Crippen LogP contribution in [0.5, 0.6) is 5.75 Å². The second kappa shape index (κ2) is 8.13. The summed E-state index contributed by atoms with van der Waals surface area (Å²) in [6, 6.07) is 7.08. The average Bonchev–Trinajstić information content (AvgIpc) is 2.62. The molecule has 0 aromatic heterocycles. The molecule has 3 heteroatoms. The van der Waals surface area contributed by atoms with Crippen LogP contribution in [0.2, 0.25) is 0 Å². The molecule has 1 saturated carbocycles. The number of halogens is 2. The Morgan fingerprint density at radius 2 is 1.71 bits per heavy atom. The van der Waals surface area contributed by atoms with E-state index < -0.39 is 6.61 Å². The minimum absolute atomic E-state index is 0.232. The smallest absolute Gasteiger partial charge is 0.387 e. The quantitative estimate of drug-likeness (QED) is 0.583. The molecule has 1 aromatic rings. The van der Waals surface area contributed by atoms with Crippen LogP contribution in [-0.2, 0) is 0 Å². The Hall–Kier alpha value is -1.38. The van der Waals surface area contributed by atoms with Crippen LogP contribution in [0.15, 0.2) is 30.3 Å². The highest BCUT2D eigenvalue weighted by molar-refractivity contribution is 5.66. The van der Waals surface area contributed by atoms with Gasteiger partial charge in [-0.2, -0.15) is 8.78 Å². The molecule has 1 fully saturated rings. The van der Waals surface area contributed by atoms with Crippen molar-refractivity contribution in [2.75, 3.05) is 0 Å². The van der Waals surface area contributed by atoms with Gasteiger partial charge in [0.2, 0.25) is 0 Å². The molecule has 0 radical (unpaired) electrons. The third kappa shape index (κ3) is 4.37. The summed E-state index contributed by atoms with van der Waals surface area (Å²) in [6.45, 7) is -0.439. The lowest BCUT2D eigenvalue weighted by Gasteiger charge is -2.35. The lowest BCUT2D eigenvalue weighted by Crippen LogP contribution is -2.22. The van der Waals surface area contributed by atoms with E-state index in [2.05, 4.69) is 17.7 Å². The number of benzene rings is 1. The minimum atomic E-state index is -2.76. The minimum Gasteiger partial charge on any atom is -0.435 e. The molecule has 0 aliphatic heterocycles. The molecule has 24 heavy (non-hydrogen) atoms. The van der Waals surface area contributed by atoms with E-state index in [-0.39, 0.29) is 5.75 Å². The van der Waals surface area contributed by atoms with Crippen molar-refractivity contribution in [3.05, 3.63) is 35.9 Å². The molecule has 0 N–H and O–H groups in total. The van der Waals surface area contributed by atoms with E-state index in [1.165, 1.54) is 50.5 Å². The van der Waals surface area contributed by atoms with Gasteiger partial charge in [-0.25, -0.2) is 0 Å². The Morgan fingerprint density at radius 3 is 2.25 bits per heavy atom. The molecule has 3 rings (SSSR count). The molecular weight excluding hydrogens is 306 g/mol. The van der Waals surface area contributed by atoms with Gasteiger partial charge in [0.15, 0.2) is 0 Å². The zero-order valence-electron chi connectivity index (χ0n) is 14.5. The Balaban J connectivity index is 1.55. The molecule has 0 saturated heterocycles. The molecular formula is C21H28F2O. The topological polar surface area (TPSA) is 9.23 Å². The van der Waals surface area contributed by atoms with Gasteiger partial charge in [-0.3, -0.25) is 0 Å². The lowest BCUT2D eigenvalue weighted by atomic mass is 9.70. The second-order valence-electron chi connectivity index (χ2n) is 7.36. The lowest BCUT2D eigenvalue weighted by molar-refractivity contribution is -0.0498. The maximum Gasteiger partial charge on any atom is 0.387 e. The summed E-state index contributed by atoms with van der Waals surface area (Å²) >= 11 is 0. The molecule has 2 aliphatic carbocycles. The maximum atomic E-state index is 12.2. The molecule has 0 amide bonds. The highest BCUT2D eigenvalue weighted by Gasteiger charge is 2.28. The molecule has 1 atom stereocenters. The third-order valence-electron chi connectivity index (χ3n) is 6.04. The number of rotatable bonds is 5. The van der Waals surface area contributed by atoms with Gasteiger partial charge in [0.05, 0.1) is 0 Å². The summed E-state index contributed by atoms with van der Waals surface area (Å²) in [7, 11) is 0. The van der Waals surface area contributed by atoms with Crippen LogP contribution in [0.1, 0.15) is 63.9 Å². The van der Waals surface area contributed by atoms with Gasteiger partial charge in [0.25, 0.3) is 0 Å². The second-order valence-corrected chi connectivity index (χ2v) is 7.36. The zero-order chi connectivity index (χ0) is 16.9. The van der Waals surface area contributed by atoms with Gasteiger partial charge in [-0.05, 0) is 73.1 Å². The van der Waals surface area contributed by atoms with Gasteiger partial charge in [-0.15, -0.1) is 0 Å². The number of allylic oxidation sites excluding steroid dienone is 2. The largest absolute Gasteiger partial charge is 0.435 e. The van der Waals surface area contributed by atoms with Crippen LogP contribution in [0, 0.1) is 17.8 Å². The molecule has 1 aromatic carbocycles. The molecule has 2 aliphatic rings. The van der Waals surface area contributed by atoms with Crippen molar-refractivity contribution in [3.8, 4) is 5.75 Å². The number of hydrogen-bond donors (Lipinski definition) is 0. The van der Waals surface area contributed by atoms with Crippen LogP contribution in [-0.4, -0.2) is 6.61 Å². The SMILES string of the molecule is CC[C@H]1CC[C@H](C2CC=C(c3ccc(OC(F)F)cc3)CC2)CC1. The van der Waals surface area contributed by atoms with Crippen molar-refractivity contribution in [1.29, 1.82) is 0 Å². The van der Waals surface area contributed by atoms with E-state index in [4.69, 9.17) is 0 Å². The van der Waals surface area contributed by atoms with Crippen molar-refractivity contribution in [3.63, 3.8) is 0 Å².